The highest BCUT2D eigenvalue weighted by Crippen LogP contribution is 2.24. The lowest BCUT2D eigenvalue weighted by molar-refractivity contribution is 0.579. The van der Waals surface area contributed by atoms with E-state index in [1.807, 2.05) is 7.05 Å². The molecule has 3 rings (SSSR count). The molecule has 1 N–H and O–H groups in total. The van der Waals surface area contributed by atoms with E-state index in [9.17, 15) is 0 Å². The first kappa shape index (κ1) is 5.93. The molecule has 0 spiro atoms. The Morgan fingerprint density at radius 1 is 1.30 bits per heavy atom. The minimum atomic E-state index is 0.574. The summed E-state index contributed by atoms with van der Waals surface area (Å²) < 4.78 is 0. The molecule has 0 fully saturated rings. The first-order valence-corrected chi connectivity index (χ1v) is 3.66. The zero-order chi connectivity index (χ0) is 6.97. The molecule has 2 aliphatic rings. The molecule has 0 aliphatic heterocycles. The molecule has 0 amide bonds. The van der Waals surface area contributed by atoms with Crippen molar-refractivity contribution < 1.29 is 0 Å². The Hall–Kier alpha value is -0.820. The summed E-state index contributed by atoms with van der Waals surface area (Å²) in [4.78, 5) is 0. The molecular formula is C9H11N. The normalized spacial score (nSPS) is 21.5. The molecule has 0 saturated heterocycles. The second-order valence-corrected chi connectivity index (χ2v) is 2.79. The van der Waals surface area contributed by atoms with Crippen molar-refractivity contribution in [1.29, 1.82) is 0 Å². The fourth-order valence-corrected chi connectivity index (χ4v) is 1.51. The van der Waals surface area contributed by atoms with Gasteiger partial charge >= 0.3 is 0 Å². The Morgan fingerprint density at radius 3 is 2.30 bits per heavy atom. The van der Waals surface area contributed by atoms with E-state index in [1.54, 1.807) is 0 Å². The van der Waals surface area contributed by atoms with Crippen LogP contribution in [0.15, 0.2) is 24.3 Å². The number of fused-ring (bicyclic) bond motifs is 3. The van der Waals surface area contributed by atoms with Crippen LogP contribution in [-0.2, 0) is 6.42 Å². The van der Waals surface area contributed by atoms with E-state index >= 15 is 0 Å². The quantitative estimate of drug-likeness (QED) is 0.612. The molecule has 1 aromatic rings. The summed E-state index contributed by atoms with van der Waals surface area (Å²) in [5.74, 6) is 0. The summed E-state index contributed by atoms with van der Waals surface area (Å²) in [5, 5.41) is 3.27. The molecule has 1 nitrogen and oxygen atoms in total. The number of nitrogens with one attached hydrogen (secondary N) is 1. The molecule has 1 aromatic carbocycles. The van der Waals surface area contributed by atoms with Crippen LogP contribution in [0.4, 0.5) is 0 Å². The Kier molecular flexibility index (Phi) is 1.24. The van der Waals surface area contributed by atoms with Gasteiger partial charge in [-0.3, -0.25) is 0 Å². The topological polar surface area (TPSA) is 12.0 Å². The molecule has 1 heteroatoms. The Labute approximate surface area is 61.1 Å². The van der Waals surface area contributed by atoms with Crippen LogP contribution in [0.2, 0.25) is 0 Å². The summed E-state index contributed by atoms with van der Waals surface area (Å²) in [6.45, 7) is 0. The van der Waals surface area contributed by atoms with Gasteiger partial charge in [-0.1, -0.05) is 24.3 Å². The van der Waals surface area contributed by atoms with E-state index in [1.165, 1.54) is 17.5 Å². The molecule has 2 aliphatic carbocycles. The van der Waals surface area contributed by atoms with Crippen LogP contribution < -0.4 is 5.32 Å². The highest BCUT2D eigenvalue weighted by atomic mass is 14.9. The number of hydrogen-bond acceptors (Lipinski definition) is 1. The minimum Gasteiger partial charge on any atom is -0.313 e. The molecule has 1 unspecified atom stereocenters. The van der Waals surface area contributed by atoms with Crippen LogP contribution in [0.5, 0.6) is 0 Å². The standard InChI is InChI=1S/C9H11N/c1-10-9-6-7-2-4-8(9)5-3-7/h2-5,9-10H,6H2,1H3. The average Bonchev–Trinajstić information content (AvgIpc) is 2.06. The van der Waals surface area contributed by atoms with Crippen LogP contribution in [0, 0.1) is 0 Å². The Bertz CT molecular complexity index is 225. The van der Waals surface area contributed by atoms with Gasteiger partial charge in [-0.15, -0.1) is 0 Å². The summed E-state index contributed by atoms with van der Waals surface area (Å²) in [6, 6.07) is 9.36. The summed E-state index contributed by atoms with van der Waals surface area (Å²) in [6.07, 6.45) is 1.17. The molecule has 0 radical (unpaired) electrons. The fourth-order valence-electron chi connectivity index (χ4n) is 1.51. The van der Waals surface area contributed by atoms with Gasteiger partial charge in [0.05, 0.1) is 0 Å². The SMILES string of the molecule is CNC1Cc2ccc1cc2. The molecular weight excluding hydrogens is 122 g/mol. The van der Waals surface area contributed by atoms with Crippen molar-refractivity contribution in [2.45, 2.75) is 12.5 Å². The number of benzene rings is 1. The van der Waals surface area contributed by atoms with Crippen LogP contribution in [0.3, 0.4) is 0 Å². The monoisotopic (exact) mass is 133 g/mol. The van der Waals surface area contributed by atoms with E-state index in [4.69, 9.17) is 0 Å². The first-order valence-electron chi connectivity index (χ1n) is 3.66. The van der Waals surface area contributed by atoms with E-state index in [0.717, 1.165) is 0 Å². The first-order chi connectivity index (χ1) is 4.90. The van der Waals surface area contributed by atoms with Crippen LogP contribution in [0.1, 0.15) is 17.2 Å². The van der Waals surface area contributed by atoms with E-state index in [2.05, 4.69) is 29.6 Å². The van der Waals surface area contributed by atoms with Gasteiger partial charge in [-0.2, -0.15) is 0 Å². The summed E-state index contributed by atoms with van der Waals surface area (Å²) in [5.41, 5.74) is 2.85. The lowest BCUT2D eigenvalue weighted by Gasteiger charge is -2.22. The molecule has 10 heavy (non-hydrogen) atoms. The third-order valence-corrected chi connectivity index (χ3v) is 2.17. The zero-order valence-electron chi connectivity index (χ0n) is 6.09. The van der Waals surface area contributed by atoms with Crippen molar-refractivity contribution in [2.24, 2.45) is 0 Å². The van der Waals surface area contributed by atoms with Gasteiger partial charge in [-0.05, 0) is 24.6 Å². The highest BCUT2D eigenvalue weighted by Gasteiger charge is 2.14. The summed E-state index contributed by atoms with van der Waals surface area (Å²) in [7, 11) is 2.01. The molecule has 0 heterocycles. The Balaban J connectivity index is 2.41. The van der Waals surface area contributed by atoms with Crippen LogP contribution in [0.25, 0.3) is 0 Å². The number of likely N-dealkylation sites (N-methyl/N-ethyl adjacent to an activating group) is 1. The average molecular weight is 133 g/mol. The van der Waals surface area contributed by atoms with Crippen molar-refractivity contribution >= 4 is 0 Å². The van der Waals surface area contributed by atoms with Crippen molar-refractivity contribution in [3.63, 3.8) is 0 Å². The summed E-state index contributed by atoms with van der Waals surface area (Å²) >= 11 is 0. The Morgan fingerprint density at radius 2 is 2.00 bits per heavy atom. The molecule has 0 aromatic heterocycles. The number of hydrogen-bond donors (Lipinski definition) is 1. The van der Waals surface area contributed by atoms with Gasteiger partial charge in [0.25, 0.3) is 0 Å². The second kappa shape index (κ2) is 2.10. The van der Waals surface area contributed by atoms with Gasteiger partial charge in [-0.25, -0.2) is 0 Å². The van der Waals surface area contributed by atoms with E-state index < -0.39 is 0 Å². The third kappa shape index (κ3) is 0.745. The third-order valence-electron chi connectivity index (χ3n) is 2.17. The van der Waals surface area contributed by atoms with E-state index in [-0.39, 0.29) is 0 Å². The lowest BCUT2D eigenvalue weighted by atomic mass is 9.92. The minimum absolute atomic E-state index is 0.574. The smallest absolute Gasteiger partial charge is 0.0358 e. The molecule has 2 bridgehead atoms. The number of rotatable bonds is 1. The van der Waals surface area contributed by atoms with Gasteiger partial charge in [0.15, 0.2) is 0 Å². The maximum atomic E-state index is 3.27. The maximum absolute atomic E-state index is 3.27. The van der Waals surface area contributed by atoms with Gasteiger partial charge < -0.3 is 5.32 Å². The van der Waals surface area contributed by atoms with Crippen molar-refractivity contribution in [3.05, 3.63) is 35.4 Å². The van der Waals surface area contributed by atoms with Crippen LogP contribution >= 0.6 is 0 Å². The van der Waals surface area contributed by atoms with Gasteiger partial charge in [0.1, 0.15) is 0 Å². The largest absolute Gasteiger partial charge is 0.313 e. The van der Waals surface area contributed by atoms with Crippen molar-refractivity contribution in [2.75, 3.05) is 7.05 Å². The van der Waals surface area contributed by atoms with Crippen molar-refractivity contribution in [3.8, 4) is 0 Å². The zero-order valence-corrected chi connectivity index (χ0v) is 6.09. The van der Waals surface area contributed by atoms with E-state index in [0.29, 0.717) is 6.04 Å². The highest BCUT2D eigenvalue weighted by molar-refractivity contribution is 5.32. The lowest BCUT2D eigenvalue weighted by Crippen LogP contribution is -2.21. The maximum Gasteiger partial charge on any atom is 0.0358 e. The molecule has 0 saturated carbocycles. The predicted molar refractivity (Wildman–Crippen MR) is 41.9 cm³/mol. The van der Waals surface area contributed by atoms with Crippen LogP contribution in [-0.4, -0.2) is 7.05 Å². The second-order valence-electron chi connectivity index (χ2n) is 2.79. The molecule has 1 atom stereocenters. The molecule has 52 valence electrons. The predicted octanol–water partition coefficient (Wildman–Crippen LogP) is 1.50. The van der Waals surface area contributed by atoms with Gasteiger partial charge in [0.2, 0.25) is 0 Å². The fraction of sp³-hybridized carbons (Fsp3) is 0.333. The van der Waals surface area contributed by atoms with Crippen molar-refractivity contribution in [1.82, 2.24) is 5.32 Å². The van der Waals surface area contributed by atoms with Gasteiger partial charge in [0, 0.05) is 6.04 Å².